The van der Waals surface area contributed by atoms with Crippen molar-refractivity contribution >= 4 is 5.91 Å². The minimum Gasteiger partial charge on any atom is -0.339 e. The Labute approximate surface area is 78.0 Å². The standard InChI is InChI=1S/C11H11NO/c1-3-9(2)12-11(13)10-7-5-4-6-8-10/h1,4-9H,2H3,(H,12,13)/t9-/m0/s1. The molecule has 0 bridgehead atoms. The fourth-order valence-corrected chi connectivity index (χ4v) is 0.911. The molecule has 0 aromatic heterocycles. The first-order chi connectivity index (χ1) is 6.24. The van der Waals surface area contributed by atoms with Crippen LogP contribution in [0.25, 0.3) is 0 Å². The van der Waals surface area contributed by atoms with Crippen LogP contribution in [0.4, 0.5) is 0 Å². The molecule has 0 spiro atoms. The van der Waals surface area contributed by atoms with Crippen molar-refractivity contribution < 1.29 is 4.79 Å². The summed E-state index contributed by atoms with van der Waals surface area (Å²) in [5.74, 6) is 2.30. The van der Waals surface area contributed by atoms with Crippen LogP contribution < -0.4 is 5.32 Å². The molecule has 0 heterocycles. The lowest BCUT2D eigenvalue weighted by Gasteiger charge is -2.06. The normalized spacial score (nSPS) is 11.4. The number of hydrogen-bond donors (Lipinski definition) is 1. The SMILES string of the molecule is C#C[C@H](C)NC(=O)c1ccccc1. The molecule has 0 aliphatic heterocycles. The van der Waals surface area contributed by atoms with Gasteiger partial charge in [-0.3, -0.25) is 4.79 Å². The van der Waals surface area contributed by atoms with Crippen LogP contribution in [0.5, 0.6) is 0 Å². The Morgan fingerprint density at radius 1 is 1.46 bits per heavy atom. The summed E-state index contributed by atoms with van der Waals surface area (Å²) < 4.78 is 0. The van der Waals surface area contributed by atoms with Crippen LogP contribution in [0.1, 0.15) is 17.3 Å². The third-order valence-corrected chi connectivity index (χ3v) is 1.63. The van der Waals surface area contributed by atoms with E-state index in [2.05, 4.69) is 11.2 Å². The maximum Gasteiger partial charge on any atom is 0.252 e. The number of nitrogens with one attached hydrogen (secondary N) is 1. The van der Waals surface area contributed by atoms with Gasteiger partial charge < -0.3 is 5.32 Å². The number of rotatable bonds is 2. The zero-order valence-corrected chi connectivity index (χ0v) is 7.45. The predicted molar refractivity (Wildman–Crippen MR) is 52.2 cm³/mol. The summed E-state index contributed by atoms with van der Waals surface area (Å²) in [6, 6.07) is 8.76. The Hall–Kier alpha value is -1.75. The van der Waals surface area contributed by atoms with E-state index in [1.54, 1.807) is 19.1 Å². The van der Waals surface area contributed by atoms with E-state index in [0.29, 0.717) is 5.56 Å². The average Bonchev–Trinajstić information content (AvgIpc) is 2.19. The largest absolute Gasteiger partial charge is 0.339 e. The van der Waals surface area contributed by atoms with Gasteiger partial charge in [0.25, 0.3) is 5.91 Å². The monoisotopic (exact) mass is 173 g/mol. The molecule has 1 rings (SSSR count). The lowest BCUT2D eigenvalue weighted by Crippen LogP contribution is -2.31. The number of benzene rings is 1. The van der Waals surface area contributed by atoms with Crippen molar-refractivity contribution in [2.75, 3.05) is 0 Å². The lowest BCUT2D eigenvalue weighted by molar-refractivity contribution is 0.0948. The second-order valence-electron chi connectivity index (χ2n) is 2.73. The van der Waals surface area contributed by atoms with Crippen molar-refractivity contribution in [1.82, 2.24) is 5.32 Å². The molecule has 0 fully saturated rings. The third kappa shape index (κ3) is 2.64. The van der Waals surface area contributed by atoms with Gasteiger partial charge in [0.05, 0.1) is 6.04 Å². The Bertz CT molecular complexity index is 324. The van der Waals surface area contributed by atoms with Crippen molar-refractivity contribution in [3.8, 4) is 12.3 Å². The highest BCUT2D eigenvalue weighted by Crippen LogP contribution is 1.98. The molecule has 0 saturated heterocycles. The van der Waals surface area contributed by atoms with Gasteiger partial charge in [-0.15, -0.1) is 6.42 Å². The molecule has 66 valence electrons. The Morgan fingerprint density at radius 2 is 2.08 bits per heavy atom. The van der Waals surface area contributed by atoms with Crippen molar-refractivity contribution in [3.63, 3.8) is 0 Å². The second-order valence-corrected chi connectivity index (χ2v) is 2.73. The van der Waals surface area contributed by atoms with Crippen molar-refractivity contribution in [2.24, 2.45) is 0 Å². The Balaban J connectivity index is 2.66. The first-order valence-electron chi connectivity index (χ1n) is 4.06. The Morgan fingerprint density at radius 3 is 2.62 bits per heavy atom. The van der Waals surface area contributed by atoms with Gasteiger partial charge in [0.15, 0.2) is 0 Å². The summed E-state index contributed by atoms with van der Waals surface area (Å²) in [4.78, 5) is 11.4. The second kappa shape index (κ2) is 4.32. The van der Waals surface area contributed by atoms with Gasteiger partial charge in [-0.1, -0.05) is 24.1 Å². The highest BCUT2D eigenvalue weighted by Gasteiger charge is 2.05. The van der Waals surface area contributed by atoms with E-state index >= 15 is 0 Å². The molecule has 0 aliphatic carbocycles. The molecule has 0 aliphatic rings. The van der Waals surface area contributed by atoms with Gasteiger partial charge >= 0.3 is 0 Å². The molecular formula is C11H11NO. The van der Waals surface area contributed by atoms with E-state index in [-0.39, 0.29) is 11.9 Å². The summed E-state index contributed by atoms with van der Waals surface area (Å²) in [7, 11) is 0. The molecule has 1 N–H and O–H groups in total. The topological polar surface area (TPSA) is 29.1 Å². The summed E-state index contributed by atoms with van der Waals surface area (Å²) in [6.45, 7) is 1.76. The first-order valence-corrected chi connectivity index (χ1v) is 4.06. The van der Waals surface area contributed by atoms with E-state index in [0.717, 1.165) is 0 Å². The van der Waals surface area contributed by atoms with Crippen molar-refractivity contribution in [3.05, 3.63) is 35.9 Å². The maximum absolute atomic E-state index is 11.4. The lowest BCUT2D eigenvalue weighted by atomic mass is 10.2. The Kier molecular flexibility index (Phi) is 3.10. The quantitative estimate of drug-likeness (QED) is 0.673. The molecule has 1 aromatic rings. The number of hydrogen-bond acceptors (Lipinski definition) is 1. The molecule has 2 nitrogen and oxygen atoms in total. The molecule has 1 aromatic carbocycles. The third-order valence-electron chi connectivity index (χ3n) is 1.63. The zero-order chi connectivity index (χ0) is 9.68. The number of amides is 1. The molecule has 0 saturated carbocycles. The molecule has 1 amide bonds. The smallest absolute Gasteiger partial charge is 0.252 e. The van der Waals surface area contributed by atoms with Crippen LogP contribution in [-0.2, 0) is 0 Å². The van der Waals surface area contributed by atoms with Crippen LogP contribution in [0.2, 0.25) is 0 Å². The van der Waals surface area contributed by atoms with Gasteiger partial charge in [0.1, 0.15) is 0 Å². The summed E-state index contributed by atoms with van der Waals surface area (Å²) >= 11 is 0. The molecular weight excluding hydrogens is 162 g/mol. The zero-order valence-electron chi connectivity index (χ0n) is 7.45. The van der Waals surface area contributed by atoms with Crippen molar-refractivity contribution in [2.45, 2.75) is 13.0 Å². The van der Waals surface area contributed by atoms with Crippen LogP contribution in [0, 0.1) is 12.3 Å². The molecule has 1 atom stereocenters. The van der Waals surface area contributed by atoms with Crippen LogP contribution in [0.3, 0.4) is 0 Å². The van der Waals surface area contributed by atoms with Gasteiger partial charge in [0, 0.05) is 5.56 Å². The van der Waals surface area contributed by atoms with E-state index in [1.807, 2.05) is 18.2 Å². The van der Waals surface area contributed by atoms with Crippen LogP contribution in [0.15, 0.2) is 30.3 Å². The minimum absolute atomic E-state index is 0.133. The maximum atomic E-state index is 11.4. The fraction of sp³-hybridized carbons (Fsp3) is 0.182. The summed E-state index contributed by atoms with van der Waals surface area (Å²) in [5, 5.41) is 2.67. The fourth-order valence-electron chi connectivity index (χ4n) is 0.911. The summed E-state index contributed by atoms with van der Waals surface area (Å²) in [6.07, 6.45) is 5.13. The molecule has 0 unspecified atom stereocenters. The number of terminal acetylenes is 1. The predicted octanol–water partition coefficient (Wildman–Crippen LogP) is 1.44. The van der Waals surface area contributed by atoms with E-state index in [9.17, 15) is 4.79 Å². The highest BCUT2D eigenvalue weighted by atomic mass is 16.1. The first kappa shape index (κ1) is 9.34. The molecule has 0 radical (unpaired) electrons. The van der Waals surface area contributed by atoms with Gasteiger partial charge in [-0.2, -0.15) is 0 Å². The molecule has 2 heteroatoms. The minimum atomic E-state index is -0.229. The number of carbonyl (C=O) groups is 1. The van der Waals surface area contributed by atoms with E-state index in [1.165, 1.54) is 0 Å². The highest BCUT2D eigenvalue weighted by molar-refractivity contribution is 5.94. The van der Waals surface area contributed by atoms with E-state index < -0.39 is 0 Å². The van der Waals surface area contributed by atoms with Crippen molar-refractivity contribution in [1.29, 1.82) is 0 Å². The van der Waals surface area contributed by atoms with Crippen LogP contribution in [-0.4, -0.2) is 11.9 Å². The van der Waals surface area contributed by atoms with E-state index in [4.69, 9.17) is 6.42 Å². The summed E-state index contributed by atoms with van der Waals surface area (Å²) in [5.41, 5.74) is 0.629. The van der Waals surface area contributed by atoms with Gasteiger partial charge in [0.2, 0.25) is 0 Å². The van der Waals surface area contributed by atoms with Gasteiger partial charge in [-0.25, -0.2) is 0 Å². The average molecular weight is 173 g/mol. The van der Waals surface area contributed by atoms with Crippen LogP contribution >= 0.6 is 0 Å². The van der Waals surface area contributed by atoms with Gasteiger partial charge in [-0.05, 0) is 19.1 Å². The molecule has 13 heavy (non-hydrogen) atoms. The number of carbonyl (C=O) groups excluding carboxylic acids is 1.